The highest BCUT2D eigenvalue weighted by atomic mass is 16.5. The second-order valence-corrected chi connectivity index (χ2v) is 15.8. The summed E-state index contributed by atoms with van der Waals surface area (Å²) in [6.07, 6.45) is 1.60. The van der Waals surface area contributed by atoms with Crippen LogP contribution in [-0.2, 0) is 57.5 Å². The van der Waals surface area contributed by atoms with Crippen molar-refractivity contribution in [2.24, 2.45) is 11.8 Å². The van der Waals surface area contributed by atoms with Gasteiger partial charge in [0, 0.05) is 37.9 Å². The van der Waals surface area contributed by atoms with Gasteiger partial charge in [-0.05, 0) is 59.3 Å². The summed E-state index contributed by atoms with van der Waals surface area (Å²) in [7, 11) is 0. The van der Waals surface area contributed by atoms with Crippen LogP contribution in [0.3, 0.4) is 0 Å². The van der Waals surface area contributed by atoms with Crippen molar-refractivity contribution in [3.05, 3.63) is 36.0 Å². The molecule has 0 spiro atoms. The number of aliphatic hydroxyl groups is 2. The maximum Gasteiger partial charge on any atom is 0.310 e. The van der Waals surface area contributed by atoms with Crippen molar-refractivity contribution in [2.45, 2.75) is 95.9 Å². The van der Waals surface area contributed by atoms with Crippen LogP contribution in [-0.4, -0.2) is 197 Å². The lowest BCUT2D eigenvalue weighted by molar-refractivity contribution is -0.160. The van der Waals surface area contributed by atoms with Crippen molar-refractivity contribution in [1.29, 1.82) is 0 Å². The number of carboxylic acids is 3. The van der Waals surface area contributed by atoms with Gasteiger partial charge in [-0.25, -0.2) is 15.2 Å². The first-order chi connectivity index (χ1) is 32.8. The first-order valence-corrected chi connectivity index (χ1v) is 21.5. The number of carbonyl (C=O) groups is 12. The van der Waals surface area contributed by atoms with Crippen molar-refractivity contribution in [3.63, 3.8) is 0 Å². The van der Waals surface area contributed by atoms with Crippen molar-refractivity contribution >= 4 is 71.1 Å². The lowest BCUT2D eigenvalue weighted by Crippen LogP contribution is -2.61. The molecule has 0 aromatic rings. The number of carbonyl (C=O) groups excluding carboxylic acids is 9. The largest absolute Gasteiger partial charge is 0.481 e. The Morgan fingerprint density at radius 1 is 0.557 bits per heavy atom. The molecule has 9 amide bonds. The Morgan fingerprint density at radius 2 is 0.900 bits per heavy atom. The molecule has 0 aromatic heterocycles. The Morgan fingerprint density at radius 3 is 1.27 bits per heavy atom. The summed E-state index contributed by atoms with van der Waals surface area (Å²) in [5.74, 6) is -16.1. The summed E-state index contributed by atoms with van der Waals surface area (Å²) >= 11 is 0. The Labute approximate surface area is 399 Å². The molecule has 29 heteroatoms. The fourth-order valence-corrected chi connectivity index (χ4v) is 5.85. The molecule has 0 aromatic carbocycles. The molecule has 0 saturated carbocycles. The standard InChI is InChI=1S/C41H61N9O20/c1-22(18-34(57)58)17-33(56)50(70)16-4-7-25-36(60)44-26(8-5-14-48(68)31(54)12-10-23(2)40(64)65)37(61)45-27(9-6-15-49(69)32(55)13-11-24(3)41(66)67)38(62)47-29(21-52)39(63)46-28(20-51)35(59)42-19-30(53)43-25/h10-13,17,23-29,51-52,68-70H,4-9,14-16,18-21H2,1-3H3,(H,42,59)(H,43,53)(H,44,60)(H,45,61)(H,46,63)(H,47,62)(H,57,58)(H,64,65)(H,66,67)/b12-10+,13-11+,22-17+. The molecule has 0 aliphatic carbocycles. The third-order valence-electron chi connectivity index (χ3n) is 9.96. The molecule has 390 valence electrons. The molecule has 7 unspecified atom stereocenters. The molecule has 14 N–H and O–H groups in total. The highest BCUT2D eigenvalue weighted by molar-refractivity contribution is 5.98. The fourth-order valence-electron chi connectivity index (χ4n) is 5.85. The predicted molar refractivity (Wildman–Crippen MR) is 233 cm³/mol. The number of hydrogen-bond acceptors (Lipinski definition) is 17. The average Bonchev–Trinajstić information content (AvgIpc) is 3.29. The van der Waals surface area contributed by atoms with Crippen molar-refractivity contribution in [1.82, 2.24) is 47.1 Å². The van der Waals surface area contributed by atoms with Crippen LogP contribution in [0, 0.1) is 11.8 Å². The number of nitrogens with one attached hydrogen (secondary N) is 6. The van der Waals surface area contributed by atoms with Crippen LogP contribution in [0.1, 0.15) is 65.7 Å². The molecule has 70 heavy (non-hydrogen) atoms. The van der Waals surface area contributed by atoms with Gasteiger partial charge in [0.2, 0.25) is 35.4 Å². The molecule has 1 aliphatic heterocycles. The second kappa shape index (κ2) is 30.9. The van der Waals surface area contributed by atoms with Crippen molar-refractivity contribution in [3.8, 4) is 0 Å². The molecule has 0 radical (unpaired) electrons. The highest BCUT2D eigenvalue weighted by Gasteiger charge is 2.33. The second-order valence-electron chi connectivity index (χ2n) is 15.8. The average molecular weight is 1000 g/mol. The molecule has 1 saturated heterocycles. The molecule has 0 bridgehead atoms. The van der Waals surface area contributed by atoms with Gasteiger partial charge in [0.1, 0.15) is 30.2 Å². The minimum absolute atomic E-state index is 0.0786. The zero-order valence-electron chi connectivity index (χ0n) is 38.4. The number of aliphatic hydroxyl groups excluding tert-OH is 2. The summed E-state index contributed by atoms with van der Waals surface area (Å²) in [6, 6.07) is -8.77. The predicted octanol–water partition coefficient (Wildman–Crippen LogP) is -4.51. The summed E-state index contributed by atoms with van der Waals surface area (Å²) in [6.45, 7) is -0.851. The minimum atomic E-state index is -1.86. The molecular weight excluding hydrogens is 938 g/mol. The van der Waals surface area contributed by atoms with Crippen molar-refractivity contribution in [2.75, 3.05) is 39.4 Å². The van der Waals surface area contributed by atoms with Gasteiger partial charge in [-0.3, -0.25) is 73.2 Å². The van der Waals surface area contributed by atoms with E-state index in [2.05, 4.69) is 31.9 Å². The molecule has 1 aliphatic rings. The van der Waals surface area contributed by atoms with Gasteiger partial charge in [-0.2, -0.15) is 0 Å². The van der Waals surface area contributed by atoms with Gasteiger partial charge in [0.25, 0.3) is 17.7 Å². The molecule has 29 nitrogen and oxygen atoms in total. The Bertz CT molecular complexity index is 2010. The van der Waals surface area contributed by atoms with E-state index in [1.807, 2.05) is 0 Å². The normalized spacial score (nSPS) is 20.9. The molecule has 1 heterocycles. The van der Waals surface area contributed by atoms with E-state index in [4.69, 9.17) is 15.3 Å². The molecule has 7 atom stereocenters. The first-order valence-electron chi connectivity index (χ1n) is 21.5. The molecule has 1 fully saturated rings. The lowest BCUT2D eigenvalue weighted by atomic mass is 10.0. The third kappa shape index (κ3) is 22.6. The summed E-state index contributed by atoms with van der Waals surface area (Å²) in [5, 5.41) is 91.9. The zero-order chi connectivity index (χ0) is 53.2. The van der Waals surface area contributed by atoms with Crippen LogP contribution < -0.4 is 31.9 Å². The number of rotatable bonds is 23. The van der Waals surface area contributed by atoms with Crippen LogP contribution in [0.4, 0.5) is 0 Å². The number of carboxylic acid groups (broad SMARTS) is 3. The van der Waals surface area contributed by atoms with E-state index in [1.54, 1.807) is 0 Å². The van der Waals surface area contributed by atoms with E-state index in [-0.39, 0.29) is 40.0 Å². The van der Waals surface area contributed by atoms with Gasteiger partial charge < -0.3 is 57.4 Å². The SMILES string of the molecule is C/C(=C\C(=O)N(O)CCCC1NC(=O)CNC(=O)C(CO)NC(=O)C(CO)NC(=O)C(CCCN(O)C(=O)/C=C/C(C)C(=O)O)NC(=O)C(CCCN(O)C(=O)/C=C/C(C)C(=O)O)NC1=O)CC(=O)O. The van der Waals surface area contributed by atoms with Crippen LogP contribution in [0.5, 0.6) is 0 Å². The van der Waals surface area contributed by atoms with Gasteiger partial charge in [-0.1, -0.05) is 17.7 Å². The Balaban J connectivity index is 3.70. The van der Waals surface area contributed by atoms with E-state index in [0.29, 0.717) is 0 Å². The number of amides is 9. The highest BCUT2D eigenvalue weighted by Crippen LogP contribution is 2.10. The molecular formula is C41H61N9O20. The van der Waals surface area contributed by atoms with Gasteiger partial charge in [0.05, 0.1) is 38.0 Å². The maximum absolute atomic E-state index is 14.1. The smallest absolute Gasteiger partial charge is 0.310 e. The first kappa shape index (κ1) is 60.7. The topological polar surface area (TPSA) is 449 Å². The van der Waals surface area contributed by atoms with E-state index in [1.165, 1.54) is 20.8 Å². The van der Waals surface area contributed by atoms with Crippen LogP contribution in [0.25, 0.3) is 0 Å². The Kier molecular flexibility index (Phi) is 26.8. The maximum atomic E-state index is 14.1. The number of aliphatic carboxylic acids is 3. The van der Waals surface area contributed by atoms with Gasteiger partial charge in [0.15, 0.2) is 0 Å². The summed E-state index contributed by atoms with van der Waals surface area (Å²) in [5.41, 5.74) is 0.0786. The monoisotopic (exact) mass is 999 g/mol. The summed E-state index contributed by atoms with van der Waals surface area (Å²) in [4.78, 5) is 152. The number of hydroxylamine groups is 6. The third-order valence-corrected chi connectivity index (χ3v) is 9.96. The van der Waals surface area contributed by atoms with Crippen LogP contribution in [0.2, 0.25) is 0 Å². The molecule has 1 rings (SSSR count). The fraction of sp³-hybridized carbons (Fsp3) is 0.561. The van der Waals surface area contributed by atoms with E-state index in [0.717, 1.165) is 30.4 Å². The number of nitrogens with zero attached hydrogens (tertiary/aromatic N) is 3. The minimum Gasteiger partial charge on any atom is -0.481 e. The Hall–Kier alpha value is -7.34. The quantitative estimate of drug-likeness (QED) is 0.0261. The van der Waals surface area contributed by atoms with E-state index < -0.39 is 178 Å². The lowest BCUT2D eigenvalue weighted by Gasteiger charge is -2.28. The van der Waals surface area contributed by atoms with E-state index >= 15 is 0 Å². The zero-order valence-corrected chi connectivity index (χ0v) is 38.4. The van der Waals surface area contributed by atoms with Crippen LogP contribution in [0.15, 0.2) is 36.0 Å². The van der Waals surface area contributed by atoms with Crippen molar-refractivity contribution < 1.29 is 98.7 Å². The van der Waals surface area contributed by atoms with Gasteiger partial charge >= 0.3 is 17.9 Å². The van der Waals surface area contributed by atoms with E-state index in [9.17, 15) is 83.4 Å². The van der Waals surface area contributed by atoms with Crippen LogP contribution >= 0.6 is 0 Å². The number of hydrogen-bond donors (Lipinski definition) is 14. The van der Waals surface area contributed by atoms with Gasteiger partial charge in [-0.15, -0.1) is 0 Å². The summed E-state index contributed by atoms with van der Waals surface area (Å²) < 4.78 is 0.